The zero-order valence-corrected chi connectivity index (χ0v) is 16.8. The van der Waals surface area contributed by atoms with Crippen LogP contribution < -0.4 is 14.2 Å². The van der Waals surface area contributed by atoms with E-state index in [0.29, 0.717) is 34.4 Å². The van der Waals surface area contributed by atoms with E-state index < -0.39 is 5.97 Å². The Morgan fingerprint density at radius 2 is 2.03 bits per heavy atom. The SMILES string of the molecule is COc1ccccc1CN(C)C(=O)COC(=O)/C=C/c1cc(Cl)c2c(c1)OCO2. The average Bonchev–Trinajstić information content (AvgIpc) is 3.20. The molecule has 0 saturated carbocycles. The second-order valence-electron chi connectivity index (χ2n) is 6.24. The van der Waals surface area contributed by atoms with Gasteiger partial charge in [0.05, 0.1) is 12.1 Å². The van der Waals surface area contributed by atoms with Crippen LogP contribution in [-0.2, 0) is 20.9 Å². The molecule has 0 bridgehead atoms. The number of nitrogens with zero attached hydrogens (tertiary/aromatic N) is 1. The summed E-state index contributed by atoms with van der Waals surface area (Å²) in [7, 11) is 3.20. The van der Waals surface area contributed by atoms with Crippen LogP contribution in [0.5, 0.6) is 17.2 Å². The highest BCUT2D eigenvalue weighted by molar-refractivity contribution is 6.32. The van der Waals surface area contributed by atoms with Crippen LogP contribution in [0.4, 0.5) is 0 Å². The standard InChI is InChI=1S/C21H20ClNO6/c1-23(11-15-5-3-4-6-17(15)26-2)19(24)12-27-20(25)8-7-14-9-16(22)21-18(10-14)28-13-29-21/h3-10H,11-13H2,1-2H3/b8-7+. The lowest BCUT2D eigenvalue weighted by atomic mass is 10.2. The van der Waals surface area contributed by atoms with E-state index in [-0.39, 0.29) is 19.3 Å². The smallest absolute Gasteiger partial charge is 0.331 e. The summed E-state index contributed by atoms with van der Waals surface area (Å²) in [6.45, 7) is 0.0808. The third-order valence-electron chi connectivity index (χ3n) is 4.23. The number of carbonyl (C=O) groups excluding carboxylic acids is 2. The van der Waals surface area contributed by atoms with E-state index in [1.54, 1.807) is 26.3 Å². The zero-order valence-electron chi connectivity index (χ0n) is 16.0. The number of halogens is 1. The van der Waals surface area contributed by atoms with E-state index in [9.17, 15) is 9.59 Å². The molecule has 2 aromatic carbocycles. The maximum atomic E-state index is 12.2. The molecular weight excluding hydrogens is 398 g/mol. The first-order valence-corrected chi connectivity index (χ1v) is 9.15. The summed E-state index contributed by atoms with van der Waals surface area (Å²) < 4.78 is 20.8. The van der Waals surface area contributed by atoms with Crippen LogP contribution >= 0.6 is 11.6 Å². The highest BCUT2D eigenvalue weighted by Gasteiger charge is 2.18. The maximum Gasteiger partial charge on any atom is 0.331 e. The van der Waals surface area contributed by atoms with Crippen molar-refractivity contribution in [3.05, 3.63) is 58.6 Å². The average molecular weight is 418 g/mol. The molecule has 1 aliphatic rings. The van der Waals surface area contributed by atoms with Crippen molar-refractivity contribution in [1.82, 2.24) is 4.90 Å². The summed E-state index contributed by atoms with van der Waals surface area (Å²) in [4.78, 5) is 25.6. The first-order valence-electron chi connectivity index (χ1n) is 8.77. The molecule has 3 rings (SSSR count). The van der Waals surface area contributed by atoms with Gasteiger partial charge in [0, 0.05) is 25.2 Å². The number of para-hydroxylation sites is 1. The normalized spacial score (nSPS) is 12.1. The quantitative estimate of drug-likeness (QED) is 0.508. The lowest BCUT2D eigenvalue weighted by molar-refractivity contribution is -0.147. The van der Waals surface area contributed by atoms with Crippen LogP contribution in [0.15, 0.2) is 42.5 Å². The molecular formula is C21H20ClNO6. The van der Waals surface area contributed by atoms with Gasteiger partial charge in [-0.3, -0.25) is 4.79 Å². The number of likely N-dealkylation sites (N-methyl/N-ethyl adjacent to an activating group) is 1. The number of esters is 1. The van der Waals surface area contributed by atoms with Crippen LogP contribution in [-0.4, -0.2) is 44.3 Å². The molecule has 0 saturated heterocycles. The fourth-order valence-electron chi connectivity index (χ4n) is 2.72. The van der Waals surface area contributed by atoms with E-state index in [1.165, 1.54) is 17.1 Å². The number of amides is 1. The highest BCUT2D eigenvalue weighted by atomic mass is 35.5. The van der Waals surface area contributed by atoms with Crippen molar-refractivity contribution >= 4 is 29.6 Å². The number of rotatable bonds is 7. The van der Waals surface area contributed by atoms with Crippen molar-refractivity contribution < 1.29 is 28.5 Å². The van der Waals surface area contributed by atoms with Crippen LogP contribution in [0, 0.1) is 0 Å². The Morgan fingerprint density at radius 3 is 2.83 bits per heavy atom. The first-order chi connectivity index (χ1) is 14.0. The molecule has 0 N–H and O–H groups in total. The minimum atomic E-state index is -0.641. The number of hydrogen-bond acceptors (Lipinski definition) is 6. The van der Waals surface area contributed by atoms with E-state index in [4.69, 9.17) is 30.5 Å². The number of ether oxygens (including phenoxy) is 4. The second-order valence-corrected chi connectivity index (χ2v) is 6.65. The number of benzene rings is 2. The summed E-state index contributed by atoms with van der Waals surface area (Å²) in [5.41, 5.74) is 1.51. The van der Waals surface area contributed by atoms with Crippen molar-refractivity contribution in [2.75, 3.05) is 27.6 Å². The number of methoxy groups -OCH3 is 1. The summed E-state index contributed by atoms with van der Waals surface area (Å²) in [5, 5.41) is 0.390. The Kier molecular flexibility index (Phi) is 6.61. The molecule has 152 valence electrons. The van der Waals surface area contributed by atoms with Gasteiger partial charge in [0.1, 0.15) is 5.75 Å². The van der Waals surface area contributed by atoms with Gasteiger partial charge in [-0.05, 0) is 29.8 Å². The molecule has 7 nitrogen and oxygen atoms in total. The monoisotopic (exact) mass is 417 g/mol. The fourth-order valence-corrected chi connectivity index (χ4v) is 2.99. The summed E-state index contributed by atoms with van der Waals surface area (Å²) in [6.07, 6.45) is 2.75. The molecule has 0 atom stereocenters. The largest absolute Gasteiger partial charge is 0.496 e. The molecule has 0 spiro atoms. The van der Waals surface area contributed by atoms with Gasteiger partial charge in [-0.15, -0.1) is 0 Å². The predicted molar refractivity (Wildman–Crippen MR) is 107 cm³/mol. The Morgan fingerprint density at radius 1 is 1.24 bits per heavy atom. The Balaban J connectivity index is 1.51. The molecule has 0 aliphatic carbocycles. The minimum Gasteiger partial charge on any atom is -0.496 e. The Bertz CT molecular complexity index is 943. The minimum absolute atomic E-state index is 0.106. The Hall–Kier alpha value is -3.19. The van der Waals surface area contributed by atoms with Crippen molar-refractivity contribution in [3.63, 3.8) is 0 Å². The van der Waals surface area contributed by atoms with Crippen LogP contribution in [0.3, 0.4) is 0 Å². The summed E-state index contributed by atoms with van der Waals surface area (Å²) >= 11 is 6.10. The fraction of sp³-hybridized carbons (Fsp3) is 0.238. The first kappa shape index (κ1) is 20.5. The molecule has 29 heavy (non-hydrogen) atoms. The van der Waals surface area contributed by atoms with Crippen molar-refractivity contribution in [1.29, 1.82) is 0 Å². The molecule has 2 aromatic rings. The van der Waals surface area contributed by atoms with Gasteiger partial charge in [0.2, 0.25) is 6.79 Å². The second kappa shape index (κ2) is 9.34. The molecule has 0 unspecified atom stereocenters. The van der Waals surface area contributed by atoms with Gasteiger partial charge in [-0.2, -0.15) is 0 Å². The lowest BCUT2D eigenvalue weighted by Crippen LogP contribution is -2.30. The van der Waals surface area contributed by atoms with Gasteiger partial charge in [0.15, 0.2) is 18.1 Å². The topological polar surface area (TPSA) is 74.3 Å². The number of carbonyl (C=O) groups is 2. The van der Waals surface area contributed by atoms with E-state index in [1.807, 2.05) is 24.3 Å². The zero-order chi connectivity index (χ0) is 20.8. The van der Waals surface area contributed by atoms with Crippen LogP contribution in [0.1, 0.15) is 11.1 Å². The van der Waals surface area contributed by atoms with Crippen LogP contribution in [0.2, 0.25) is 5.02 Å². The van der Waals surface area contributed by atoms with E-state index in [0.717, 1.165) is 5.56 Å². The Labute approximate surface area is 173 Å². The van der Waals surface area contributed by atoms with Crippen LogP contribution in [0.25, 0.3) is 6.08 Å². The van der Waals surface area contributed by atoms with Gasteiger partial charge in [-0.25, -0.2) is 4.79 Å². The molecule has 1 amide bonds. The van der Waals surface area contributed by atoms with Crippen molar-refractivity contribution in [3.8, 4) is 17.2 Å². The van der Waals surface area contributed by atoms with Crippen molar-refractivity contribution in [2.24, 2.45) is 0 Å². The number of hydrogen-bond donors (Lipinski definition) is 0. The third-order valence-corrected chi connectivity index (χ3v) is 4.51. The van der Waals surface area contributed by atoms with Gasteiger partial charge in [-0.1, -0.05) is 29.8 Å². The van der Waals surface area contributed by atoms with E-state index >= 15 is 0 Å². The number of fused-ring (bicyclic) bond motifs is 1. The summed E-state index contributed by atoms with van der Waals surface area (Å²) in [5.74, 6) is 0.713. The van der Waals surface area contributed by atoms with Gasteiger partial charge >= 0.3 is 5.97 Å². The maximum absolute atomic E-state index is 12.2. The molecule has 0 aromatic heterocycles. The van der Waals surface area contributed by atoms with Gasteiger partial charge < -0.3 is 23.8 Å². The molecule has 0 radical (unpaired) electrons. The highest BCUT2D eigenvalue weighted by Crippen LogP contribution is 2.40. The lowest BCUT2D eigenvalue weighted by Gasteiger charge is -2.18. The van der Waals surface area contributed by atoms with Gasteiger partial charge in [0.25, 0.3) is 5.91 Å². The molecule has 1 heterocycles. The van der Waals surface area contributed by atoms with E-state index in [2.05, 4.69) is 0 Å². The third kappa shape index (κ3) is 5.20. The molecule has 1 aliphatic heterocycles. The predicted octanol–water partition coefficient (Wildman–Crippen LogP) is 3.29. The molecule has 8 heteroatoms. The molecule has 0 fully saturated rings. The summed E-state index contributed by atoms with van der Waals surface area (Å²) in [6, 6.07) is 10.7. The van der Waals surface area contributed by atoms with Crippen molar-refractivity contribution in [2.45, 2.75) is 6.54 Å².